The summed E-state index contributed by atoms with van der Waals surface area (Å²) < 4.78 is 10.2. The van der Waals surface area contributed by atoms with Crippen LogP contribution in [0.15, 0.2) is 16.7 Å². The molecule has 0 atom stereocenters. The molecular weight excluding hydrogens is 208 g/mol. The monoisotopic (exact) mass is 226 g/mol. The first-order valence-electron chi connectivity index (χ1n) is 5.14. The number of ether oxygens (including phenoxy) is 1. The minimum atomic E-state index is -0.483. The Morgan fingerprint density at radius 2 is 2.25 bits per heavy atom. The average molecular weight is 226 g/mol. The van der Waals surface area contributed by atoms with Crippen LogP contribution in [0.1, 0.15) is 32.1 Å². The Morgan fingerprint density at radius 3 is 2.75 bits per heavy atom. The van der Waals surface area contributed by atoms with Gasteiger partial charge in [0.05, 0.1) is 12.8 Å². The molecule has 5 nitrogen and oxygen atoms in total. The highest BCUT2D eigenvalue weighted by atomic mass is 16.6. The van der Waals surface area contributed by atoms with Gasteiger partial charge in [-0.15, -0.1) is 0 Å². The van der Waals surface area contributed by atoms with Crippen molar-refractivity contribution < 1.29 is 13.9 Å². The third-order valence-electron chi connectivity index (χ3n) is 1.74. The molecule has 1 rings (SSSR count). The van der Waals surface area contributed by atoms with Crippen molar-refractivity contribution in [1.29, 1.82) is 0 Å². The molecule has 0 saturated carbocycles. The highest BCUT2D eigenvalue weighted by Gasteiger charge is 2.15. The molecule has 0 saturated heterocycles. The summed E-state index contributed by atoms with van der Waals surface area (Å²) in [7, 11) is 0. The first kappa shape index (κ1) is 12.6. The summed E-state index contributed by atoms with van der Waals surface area (Å²) in [5.74, 6) is 0.695. The van der Waals surface area contributed by atoms with Crippen LogP contribution in [-0.2, 0) is 17.8 Å². The standard InChI is InChI=1S/C11H18N2O3/c1-11(2,3)16-10(14)13-6-8-4-9(5-12)15-7-8/h4,7H,5-6,12H2,1-3H3,(H,13,14). The first-order chi connectivity index (χ1) is 7.40. The molecule has 0 bridgehead atoms. The van der Waals surface area contributed by atoms with Gasteiger partial charge in [-0.05, 0) is 26.8 Å². The van der Waals surface area contributed by atoms with Crippen LogP contribution >= 0.6 is 0 Å². The van der Waals surface area contributed by atoms with Crippen LogP contribution < -0.4 is 11.1 Å². The third kappa shape index (κ3) is 4.35. The molecule has 1 aromatic rings. The number of nitrogens with one attached hydrogen (secondary N) is 1. The highest BCUT2D eigenvalue weighted by molar-refractivity contribution is 5.67. The molecule has 0 aromatic carbocycles. The van der Waals surface area contributed by atoms with Crippen molar-refractivity contribution in [2.75, 3.05) is 0 Å². The Morgan fingerprint density at radius 1 is 1.56 bits per heavy atom. The zero-order chi connectivity index (χ0) is 12.2. The van der Waals surface area contributed by atoms with Crippen LogP contribution in [0.25, 0.3) is 0 Å². The zero-order valence-electron chi connectivity index (χ0n) is 9.87. The van der Waals surface area contributed by atoms with E-state index >= 15 is 0 Å². The molecule has 0 unspecified atom stereocenters. The van der Waals surface area contributed by atoms with Gasteiger partial charge in [-0.3, -0.25) is 0 Å². The number of furan rings is 1. The van der Waals surface area contributed by atoms with Gasteiger partial charge in [-0.25, -0.2) is 4.79 Å². The second-order valence-electron chi connectivity index (χ2n) is 4.48. The topological polar surface area (TPSA) is 77.5 Å². The van der Waals surface area contributed by atoms with Crippen molar-refractivity contribution in [1.82, 2.24) is 5.32 Å². The van der Waals surface area contributed by atoms with Crippen molar-refractivity contribution in [3.05, 3.63) is 23.7 Å². The molecule has 3 N–H and O–H groups in total. The van der Waals surface area contributed by atoms with Crippen molar-refractivity contribution >= 4 is 6.09 Å². The largest absolute Gasteiger partial charge is 0.468 e. The van der Waals surface area contributed by atoms with E-state index in [4.69, 9.17) is 14.9 Å². The number of carbonyl (C=O) groups excluding carboxylic acids is 1. The van der Waals surface area contributed by atoms with E-state index in [-0.39, 0.29) is 0 Å². The van der Waals surface area contributed by atoms with Crippen molar-refractivity contribution in [2.45, 2.75) is 39.5 Å². The number of alkyl carbamates (subject to hydrolysis) is 1. The van der Waals surface area contributed by atoms with Gasteiger partial charge in [0.1, 0.15) is 11.4 Å². The lowest BCUT2D eigenvalue weighted by molar-refractivity contribution is 0.0523. The Hall–Kier alpha value is -1.49. The maximum Gasteiger partial charge on any atom is 0.407 e. The van der Waals surface area contributed by atoms with Crippen molar-refractivity contribution in [2.24, 2.45) is 5.73 Å². The predicted molar refractivity (Wildman–Crippen MR) is 59.7 cm³/mol. The number of hydrogen-bond acceptors (Lipinski definition) is 4. The van der Waals surface area contributed by atoms with Crippen molar-refractivity contribution in [3.63, 3.8) is 0 Å². The summed E-state index contributed by atoms with van der Waals surface area (Å²) >= 11 is 0. The third-order valence-corrected chi connectivity index (χ3v) is 1.74. The Balaban J connectivity index is 2.37. The maximum absolute atomic E-state index is 11.3. The summed E-state index contributed by atoms with van der Waals surface area (Å²) in [6, 6.07) is 1.80. The van der Waals surface area contributed by atoms with Crippen LogP contribution in [0.4, 0.5) is 4.79 Å². The lowest BCUT2D eigenvalue weighted by atomic mass is 10.2. The van der Waals surface area contributed by atoms with Crippen molar-refractivity contribution in [3.8, 4) is 0 Å². The van der Waals surface area contributed by atoms with Gasteiger partial charge in [0.25, 0.3) is 0 Å². The first-order valence-corrected chi connectivity index (χ1v) is 5.14. The van der Waals surface area contributed by atoms with E-state index in [0.717, 1.165) is 5.56 Å². The van der Waals surface area contributed by atoms with Gasteiger partial charge in [0.15, 0.2) is 0 Å². The molecule has 0 aliphatic carbocycles. The van der Waals surface area contributed by atoms with E-state index < -0.39 is 11.7 Å². The summed E-state index contributed by atoms with van der Waals surface area (Å²) in [4.78, 5) is 11.3. The van der Waals surface area contributed by atoms with Gasteiger partial charge >= 0.3 is 6.09 Å². The Kier molecular flexibility index (Phi) is 3.95. The molecule has 0 fully saturated rings. The van der Waals surface area contributed by atoms with Gasteiger partial charge in [0.2, 0.25) is 0 Å². The molecule has 1 amide bonds. The molecule has 0 spiro atoms. The fourth-order valence-corrected chi connectivity index (χ4v) is 1.11. The summed E-state index contributed by atoms with van der Waals surface area (Å²) in [6.45, 7) is 6.18. The lowest BCUT2D eigenvalue weighted by Crippen LogP contribution is -2.32. The number of nitrogens with two attached hydrogens (primary N) is 1. The molecule has 1 aromatic heterocycles. The van der Waals surface area contributed by atoms with Crippen LogP contribution in [0.3, 0.4) is 0 Å². The van der Waals surface area contributed by atoms with Crippen LogP contribution in [0.5, 0.6) is 0 Å². The number of hydrogen-bond donors (Lipinski definition) is 2. The molecule has 5 heteroatoms. The predicted octanol–water partition coefficient (Wildman–Crippen LogP) is 1.76. The van der Waals surface area contributed by atoms with E-state index in [0.29, 0.717) is 18.8 Å². The van der Waals surface area contributed by atoms with Gasteiger partial charge < -0.3 is 20.2 Å². The molecule has 1 heterocycles. The summed E-state index contributed by atoms with van der Waals surface area (Å²) in [6.07, 6.45) is 1.13. The molecule has 90 valence electrons. The molecule has 0 aliphatic rings. The van der Waals surface area contributed by atoms with E-state index in [1.807, 2.05) is 20.8 Å². The molecule has 0 aliphatic heterocycles. The second kappa shape index (κ2) is 5.03. The zero-order valence-corrected chi connectivity index (χ0v) is 9.87. The normalized spacial score (nSPS) is 11.2. The van der Waals surface area contributed by atoms with E-state index in [1.54, 1.807) is 12.3 Å². The second-order valence-corrected chi connectivity index (χ2v) is 4.48. The van der Waals surface area contributed by atoms with Gasteiger partial charge in [-0.1, -0.05) is 0 Å². The maximum atomic E-state index is 11.3. The summed E-state index contributed by atoms with van der Waals surface area (Å²) in [5.41, 5.74) is 5.78. The minimum absolute atomic E-state index is 0.354. The van der Waals surface area contributed by atoms with Crippen LogP contribution in [-0.4, -0.2) is 11.7 Å². The average Bonchev–Trinajstić information content (AvgIpc) is 2.59. The van der Waals surface area contributed by atoms with E-state index in [1.165, 1.54) is 0 Å². The Bertz CT molecular complexity index is 352. The smallest absolute Gasteiger partial charge is 0.407 e. The fraction of sp³-hybridized carbons (Fsp3) is 0.545. The van der Waals surface area contributed by atoms with Gasteiger partial charge in [0, 0.05) is 12.1 Å². The SMILES string of the molecule is CC(C)(C)OC(=O)NCc1coc(CN)c1. The molecule has 16 heavy (non-hydrogen) atoms. The Labute approximate surface area is 94.9 Å². The van der Waals surface area contributed by atoms with Gasteiger partial charge in [-0.2, -0.15) is 0 Å². The lowest BCUT2D eigenvalue weighted by Gasteiger charge is -2.19. The van der Waals surface area contributed by atoms with E-state index in [2.05, 4.69) is 5.32 Å². The van der Waals surface area contributed by atoms with E-state index in [9.17, 15) is 4.79 Å². The number of carbonyl (C=O) groups is 1. The van der Waals surface area contributed by atoms with Crippen LogP contribution in [0.2, 0.25) is 0 Å². The fourth-order valence-electron chi connectivity index (χ4n) is 1.11. The number of amides is 1. The highest BCUT2D eigenvalue weighted by Crippen LogP contribution is 2.08. The minimum Gasteiger partial charge on any atom is -0.468 e. The molecular formula is C11H18N2O3. The summed E-state index contributed by atoms with van der Waals surface area (Å²) in [5, 5.41) is 2.63. The quantitative estimate of drug-likeness (QED) is 0.823. The van der Waals surface area contributed by atoms with Crippen LogP contribution in [0, 0.1) is 0 Å². The molecule has 0 radical (unpaired) electrons. The number of rotatable bonds is 3.